The maximum atomic E-state index is 13.4. The van der Waals surface area contributed by atoms with E-state index < -0.39 is 17.8 Å². The molecule has 6 nitrogen and oxygen atoms in total. The van der Waals surface area contributed by atoms with Crippen LogP contribution in [0.3, 0.4) is 0 Å². The van der Waals surface area contributed by atoms with E-state index in [1.807, 2.05) is 12.1 Å². The number of halogens is 3. The predicted octanol–water partition coefficient (Wildman–Crippen LogP) is 5.08. The van der Waals surface area contributed by atoms with E-state index in [2.05, 4.69) is 20.3 Å². The summed E-state index contributed by atoms with van der Waals surface area (Å²) in [5, 5.41) is 3.93. The van der Waals surface area contributed by atoms with Crippen molar-refractivity contribution in [3.05, 3.63) is 64.6 Å². The fourth-order valence-electron chi connectivity index (χ4n) is 4.12. The van der Waals surface area contributed by atoms with Crippen molar-refractivity contribution < 1.29 is 18.0 Å². The van der Waals surface area contributed by atoms with Gasteiger partial charge in [-0.3, -0.25) is 4.79 Å². The third-order valence-corrected chi connectivity index (χ3v) is 5.90. The van der Waals surface area contributed by atoms with Crippen molar-refractivity contribution in [2.75, 3.05) is 18.4 Å². The molecule has 2 aromatic heterocycles. The van der Waals surface area contributed by atoms with Crippen molar-refractivity contribution in [3.8, 4) is 0 Å². The summed E-state index contributed by atoms with van der Waals surface area (Å²) in [6.45, 7) is 7.59. The van der Waals surface area contributed by atoms with Gasteiger partial charge in [-0.2, -0.15) is 13.2 Å². The number of alkyl halides is 3. The molecule has 0 saturated heterocycles. The van der Waals surface area contributed by atoms with E-state index in [-0.39, 0.29) is 11.5 Å². The second kappa shape index (κ2) is 8.46. The van der Waals surface area contributed by atoms with Gasteiger partial charge in [0.05, 0.1) is 17.0 Å². The number of anilines is 1. The number of aromatic nitrogens is 3. The van der Waals surface area contributed by atoms with Crippen LogP contribution in [-0.2, 0) is 11.0 Å². The summed E-state index contributed by atoms with van der Waals surface area (Å²) in [6.07, 6.45) is -0.713. The third kappa shape index (κ3) is 4.53. The van der Waals surface area contributed by atoms with Gasteiger partial charge in [-0.25, -0.2) is 15.0 Å². The molecule has 1 unspecified atom stereocenters. The first-order chi connectivity index (χ1) is 15.5. The molecular weight excluding hydrogens is 431 g/mol. The van der Waals surface area contributed by atoms with Crippen molar-refractivity contribution in [2.24, 2.45) is 0 Å². The normalized spacial score (nSPS) is 15.0. The van der Waals surface area contributed by atoms with E-state index in [1.54, 1.807) is 31.0 Å². The van der Waals surface area contributed by atoms with Crippen LogP contribution in [0.2, 0.25) is 0 Å². The molecule has 172 valence electrons. The topological polar surface area (TPSA) is 71.0 Å². The molecule has 0 radical (unpaired) electrons. The first-order valence-corrected chi connectivity index (χ1v) is 10.6. The summed E-state index contributed by atoms with van der Waals surface area (Å²) >= 11 is 0. The Morgan fingerprint density at radius 3 is 2.64 bits per heavy atom. The number of carbonyl (C=O) groups excluding carboxylic acids is 1. The fourth-order valence-corrected chi connectivity index (χ4v) is 4.12. The molecule has 0 fully saturated rings. The predicted molar refractivity (Wildman–Crippen MR) is 121 cm³/mol. The number of benzene rings is 1. The van der Waals surface area contributed by atoms with E-state index >= 15 is 0 Å². The number of aryl methyl sites for hydroxylation is 1. The van der Waals surface area contributed by atoms with Gasteiger partial charge in [-0.1, -0.05) is 18.2 Å². The minimum atomic E-state index is -4.42. The molecule has 0 saturated carbocycles. The minimum Gasteiger partial charge on any atom is -0.363 e. The fraction of sp³-hybridized carbons (Fsp3) is 0.333. The first-order valence-electron chi connectivity index (χ1n) is 10.6. The van der Waals surface area contributed by atoms with Crippen molar-refractivity contribution in [3.63, 3.8) is 0 Å². The van der Waals surface area contributed by atoms with Crippen LogP contribution in [0.25, 0.3) is 16.6 Å². The van der Waals surface area contributed by atoms with Crippen LogP contribution in [0.1, 0.15) is 48.0 Å². The highest BCUT2D eigenvalue weighted by Crippen LogP contribution is 2.35. The Bertz CT molecular complexity index is 1270. The number of carbonyl (C=O) groups is 1. The molecule has 1 aliphatic heterocycles. The monoisotopic (exact) mass is 455 g/mol. The number of pyridine rings is 1. The van der Waals surface area contributed by atoms with E-state index in [0.29, 0.717) is 41.3 Å². The average Bonchev–Trinajstić information content (AvgIpc) is 3.23. The molecule has 1 aliphatic rings. The first kappa shape index (κ1) is 22.7. The Balaban J connectivity index is 1.70. The molecule has 0 aliphatic carbocycles. The summed E-state index contributed by atoms with van der Waals surface area (Å²) in [5.74, 6) is 1.00. The average molecular weight is 455 g/mol. The summed E-state index contributed by atoms with van der Waals surface area (Å²) in [6, 6.07) is 5.66. The van der Waals surface area contributed by atoms with Gasteiger partial charge in [0.1, 0.15) is 11.6 Å². The second-order valence-electron chi connectivity index (χ2n) is 8.23. The number of hydrogen-bond donors (Lipinski definition) is 1. The number of nitrogens with zero attached hydrogens (tertiary/aromatic N) is 4. The van der Waals surface area contributed by atoms with Crippen LogP contribution in [0.4, 0.5) is 19.0 Å². The van der Waals surface area contributed by atoms with E-state index in [0.717, 1.165) is 17.2 Å². The molecule has 1 atom stereocenters. The molecule has 33 heavy (non-hydrogen) atoms. The molecule has 9 heteroatoms. The maximum Gasteiger partial charge on any atom is 0.416 e. The van der Waals surface area contributed by atoms with Crippen LogP contribution in [0.15, 0.2) is 36.5 Å². The summed E-state index contributed by atoms with van der Waals surface area (Å²) in [7, 11) is 0. The Morgan fingerprint density at radius 1 is 1.21 bits per heavy atom. The quantitative estimate of drug-likeness (QED) is 0.594. The van der Waals surface area contributed by atoms with Crippen LogP contribution in [-0.4, -0.2) is 38.8 Å². The van der Waals surface area contributed by atoms with Crippen LogP contribution < -0.4 is 5.32 Å². The lowest BCUT2D eigenvalue weighted by Gasteiger charge is -2.21. The number of rotatable bonds is 4. The molecule has 1 amide bonds. The third-order valence-electron chi connectivity index (χ3n) is 5.90. The highest BCUT2D eigenvalue weighted by atomic mass is 19.4. The lowest BCUT2D eigenvalue weighted by atomic mass is 9.97. The smallest absolute Gasteiger partial charge is 0.363 e. The molecule has 0 spiro atoms. The Morgan fingerprint density at radius 2 is 1.97 bits per heavy atom. The zero-order valence-corrected chi connectivity index (χ0v) is 18.8. The standard InChI is InChI=1S/C24H24F3N5O/c1-13-19(6-5-7-21(13)24(25,26)27)14(2)29-23-20-10-18(11-28-22(20)30-15(3)31-23)17-8-9-32(12-17)16(4)33/h5-8,10-11,14H,9,12H2,1-4H3,(H,28,29,30,31). The number of amides is 1. The van der Waals surface area contributed by atoms with Gasteiger partial charge in [0.15, 0.2) is 5.65 Å². The zero-order chi connectivity index (χ0) is 23.9. The van der Waals surface area contributed by atoms with Crippen LogP contribution in [0.5, 0.6) is 0 Å². The molecular formula is C24H24F3N5O. The molecule has 1 aromatic carbocycles. The lowest BCUT2D eigenvalue weighted by molar-refractivity contribution is -0.138. The van der Waals surface area contributed by atoms with Crippen molar-refractivity contribution >= 4 is 28.3 Å². The number of hydrogen-bond acceptors (Lipinski definition) is 5. The van der Waals surface area contributed by atoms with Gasteiger partial charge in [0.25, 0.3) is 0 Å². The van der Waals surface area contributed by atoms with Crippen LogP contribution >= 0.6 is 0 Å². The largest absolute Gasteiger partial charge is 0.416 e. The summed E-state index contributed by atoms with van der Waals surface area (Å²) in [5.41, 5.74) is 2.39. The van der Waals surface area contributed by atoms with Crippen molar-refractivity contribution in [1.29, 1.82) is 0 Å². The Labute approximate surface area is 189 Å². The Kier molecular flexibility index (Phi) is 5.82. The van der Waals surface area contributed by atoms with Gasteiger partial charge in [-0.05, 0) is 55.2 Å². The van der Waals surface area contributed by atoms with Crippen molar-refractivity contribution in [1.82, 2.24) is 19.9 Å². The second-order valence-corrected chi connectivity index (χ2v) is 8.23. The minimum absolute atomic E-state index is 0.00148. The summed E-state index contributed by atoms with van der Waals surface area (Å²) in [4.78, 5) is 26.8. The van der Waals surface area contributed by atoms with Crippen molar-refractivity contribution in [2.45, 2.75) is 39.9 Å². The molecule has 3 heterocycles. The summed E-state index contributed by atoms with van der Waals surface area (Å²) < 4.78 is 40.1. The van der Waals surface area contributed by atoms with Gasteiger partial charge >= 0.3 is 6.18 Å². The molecule has 0 bridgehead atoms. The van der Waals surface area contributed by atoms with Gasteiger partial charge in [-0.15, -0.1) is 0 Å². The van der Waals surface area contributed by atoms with Crippen LogP contribution in [0, 0.1) is 13.8 Å². The van der Waals surface area contributed by atoms with E-state index in [4.69, 9.17) is 0 Å². The highest BCUT2D eigenvalue weighted by molar-refractivity contribution is 5.90. The van der Waals surface area contributed by atoms with E-state index in [9.17, 15) is 18.0 Å². The van der Waals surface area contributed by atoms with Gasteiger partial charge in [0, 0.05) is 26.2 Å². The number of fused-ring (bicyclic) bond motifs is 1. The lowest BCUT2D eigenvalue weighted by Crippen LogP contribution is -2.25. The highest BCUT2D eigenvalue weighted by Gasteiger charge is 2.33. The van der Waals surface area contributed by atoms with Gasteiger partial charge in [0.2, 0.25) is 5.91 Å². The van der Waals surface area contributed by atoms with E-state index in [1.165, 1.54) is 19.9 Å². The molecule has 1 N–H and O–H groups in total. The Hall–Kier alpha value is -3.49. The SMILES string of the molecule is CC(=O)N1CC=C(c2cnc3nc(C)nc(NC(C)c4cccc(C(F)(F)F)c4C)c3c2)C1. The molecule has 4 rings (SSSR count). The van der Waals surface area contributed by atoms with Gasteiger partial charge < -0.3 is 10.2 Å². The molecule has 3 aromatic rings. The zero-order valence-electron chi connectivity index (χ0n) is 18.8. The maximum absolute atomic E-state index is 13.4. The number of nitrogens with one attached hydrogen (secondary N) is 1.